The largest absolute Gasteiger partial charge is 0.466 e. The van der Waals surface area contributed by atoms with Crippen LogP contribution in [0.15, 0.2) is 48.1 Å². The van der Waals surface area contributed by atoms with Crippen LogP contribution in [0.2, 0.25) is 0 Å². The first-order valence-corrected chi connectivity index (χ1v) is 8.59. The van der Waals surface area contributed by atoms with Crippen molar-refractivity contribution >= 4 is 11.8 Å². The molecular weight excluding hydrogens is 348 g/mol. The lowest BCUT2D eigenvalue weighted by molar-refractivity contribution is -0.227. The van der Waals surface area contributed by atoms with Crippen LogP contribution in [0, 0.1) is 5.41 Å². The number of rotatable bonds is 6. The smallest absolute Gasteiger partial charge is 0.330 e. The molecule has 0 aromatic heterocycles. The first-order valence-electron chi connectivity index (χ1n) is 8.59. The molecule has 6 nitrogen and oxygen atoms in total. The number of ether oxygens (including phenoxy) is 3. The fourth-order valence-electron chi connectivity index (χ4n) is 3.63. The second kappa shape index (κ2) is 8.17. The molecule has 0 fully saturated rings. The Hall–Kier alpha value is -2.28. The topological polar surface area (TPSA) is 82.1 Å². The molecule has 0 unspecified atom stereocenters. The molecule has 1 aliphatic rings. The van der Waals surface area contributed by atoms with Crippen molar-refractivity contribution in [2.24, 2.45) is 5.41 Å². The van der Waals surface area contributed by atoms with Gasteiger partial charge in [0.05, 0.1) is 12.5 Å². The Morgan fingerprint density at radius 1 is 1.22 bits per heavy atom. The number of esters is 1. The van der Waals surface area contributed by atoms with Crippen LogP contribution in [0.5, 0.6) is 0 Å². The van der Waals surface area contributed by atoms with Crippen LogP contribution >= 0.6 is 0 Å². The van der Waals surface area contributed by atoms with Crippen molar-refractivity contribution in [2.75, 3.05) is 21.3 Å². The second-order valence-electron chi connectivity index (χ2n) is 6.88. The molecule has 2 atom stereocenters. The van der Waals surface area contributed by atoms with Crippen molar-refractivity contribution in [3.8, 4) is 0 Å². The minimum Gasteiger partial charge on any atom is -0.466 e. The summed E-state index contributed by atoms with van der Waals surface area (Å²) in [5.41, 5.74) is -1.10. The third-order valence-electron chi connectivity index (χ3n) is 5.12. The number of ketones is 1. The van der Waals surface area contributed by atoms with E-state index in [-0.39, 0.29) is 12.2 Å². The van der Waals surface area contributed by atoms with Crippen LogP contribution in [0.3, 0.4) is 0 Å². The van der Waals surface area contributed by atoms with Gasteiger partial charge in [0.1, 0.15) is 5.60 Å². The molecule has 0 heterocycles. The fourth-order valence-corrected chi connectivity index (χ4v) is 3.63. The number of aliphatic hydroxyl groups is 1. The van der Waals surface area contributed by atoms with Gasteiger partial charge in [-0.3, -0.25) is 4.79 Å². The number of Topliss-reactive ketones (excluding diaryl/α,β-unsaturated/α-hetero) is 1. The van der Waals surface area contributed by atoms with Gasteiger partial charge in [0.25, 0.3) is 0 Å². The van der Waals surface area contributed by atoms with Gasteiger partial charge in [-0.15, -0.1) is 0 Å². The highest BCUT2D eigenvalue weighted by molar-refractivity contribution is 6.00. The highest BCUT2D eigenvalue weighted by Crippen LogP contribution is 2.52. The lowest BCUT2D eigenvalue weighted by atomic mass is 9.60. The molecule has 27 heavy (non-hydrogen) atoms. The van der Waals surface area contributed by atoms with Gasteiger partial charge in [0.15, 0.2) is 12.1 Å². The van der Waals surface area contributed by atoms with Crippen molar-refractivity contribution in [3.63, 3.8) is 0 Å². The zero-order valence-corrected chi connectivity index (χ0v) is 16.3. The van der Waals surface area contributed by atoms with Gasteiger partial charge in [0.2, 0.25) is 0 Å². The van der Waals surface area contributed by atoms with Crippen molar-refractivity contribution in [1.82, 2.24) is 0 Å². The van der Waals surface area contributed by atoms with Crippen LogP contribution in [-0.4, -0.2) is 44.5 Å². The van der Waals surface area contributed by atoms with Crippen LogP contribution in [0.1, 0.15) is 36.2 Å². The minimum atomic E-state index is -1.56. The third kappa shape index (κ3) is 3.74. The van der Waals surface area contributed by atoms with Gasteiger partial charge in [-0.2, -0.15) is 0 Å². The number of benzene rings is 1. The van der Waals surface area contributed by atoms with E-state index in [1.807, 2.05) is 0 Å². The Bertz CT molecular complexity index is 777. The van der Waals surface area contributed by atoms with Crippen LogP contribution in [0.25, 0.3) is 0 Å². The number of hydrogen-bond acceptors (Lipinski definition) is 6. The van der Waals surface area contributed by atoms with E-state index in [1.165, 1.54) is 27.4 Å². The number of carbonyl (C=O) groups is 2. The van der Waals surface area contributed by atoms with E-state index in [4.69, 9.17) is 9.47 Å². The Balaban J connectivity index is 2.64. The highest BCUT2D eigenvalue weighted by atomic mass is 16.7. The first kappa shape index (κ1) is 21.0. The monoisotopic (exact) mass is 374 g/mol. The van der Waals surface area contributed by atoms with Gasteiger partial charge < -0.3 is 19.3 Å². The summed E-state index contributed by atoms with van der Waals surface area (Å²) in [6.45, 7) is 3.47. The van der Waals surface area contributed by atoms with E-state index < -0.39 is 23.3 Å². The van der Waals surface area contributed by atoms with Crippen LogP contribution in [0.4, 0.5) is 0 Å². The summed E-state index contributed by atoms with van der Waals surface area (Å²) in [5, 5.41) is 11.8. The Kier molecular flexibility index (Phi) is 6.36. The second-order valence-corrected chi connectivity index (χ2v) is 6.88. The maximum absolute atomic E-state index is 12.7. The van der Waals surface area contributed by atoms with Crippen molar-refractivity contribution < 1.29 is 28.9 Å². The predicted molar refractivity (Wildman–Crippen MR) is 100 cm³/mol. The summed E-state index contributed by atoms with van der Waals surface area (Å²) in [6, 6.07) is 6.94. The summed E-state index contributed by atoms with van der Waals surface area (Å²) in [7, 11) is 4.24. The molecule has 0 aliphatic heterocycles. The number of carbonyl (C=O) groups excluding carboxylic acids is 2. The molecule has 0 saturated heterocycles. The molecule has 6 heteroatoms. The van der Waals surface area contributed by atoms with Crippen LogP contribution < -0.4 is 0 Å². The molecule has 0 bridgehead atoms. The van der Waals surface area contributed by atoms with Gasteiger partial charge in [-0.25, -0.2) is 4.79 Å². The van der Waals surface area contributed by atoms with Crippen molar-refractivity contribution in [2.45, 2.75) is 32.2 Å². The van der Waals surface area contributed by atoms with Crippen molar-refractivity contribution in [1.29, 1.82) is 0 Å². The van der Waals surface area contributed by atoms with E-state index in [0.29, 0.717) is 16.7 Å². The minimum absolute atomic E-state index is 0.0387. The lowest BCUT2D eigenvalue weighted by Gasteiger charge is -2.49. The Morgan fingerprint density at radius 2 is 1.85 bits per heavy atom. The molecule has 2 rings (SSSR count). The summed E-state index contributed by atoms with van der Waals surface area (Å²) in [5.74, 6) is -0.579. The molecule has 1 aliphatic carbocycles. The summed E-state index contributed by atoms with van der Waals surface area (Å²) in [6.07, 6.45) is 3.75. The van der Waals surface area contributed by atoms with Crippen LogP contribution in [-0.2, 0) is 24.6 Å². The van der Waals surface area contributed by atoms with E-state index in [2.05, 4.69) is 4.74 Å². The molecule has 1 N–H and O–H groups in total. The molecule has 146 valence electrons. The average molecular weight is 374 g/mol. The normalized spacial score (nSPS) is 25.7. The van der Waals surface area contributed by atoms with Gasteiger partial charge in [-0.05, 0) is 24.1 Å². The molecule has 0 radical (unpaired) electrons. The van der Waals surface area contributed by atoms with E-state index in [0.717, 1.165) is 0 Å². The van der Waals surface area contributed by atoms with E-state index in [9.17, 15) is 14.7 Å². The fraction of sp³-hybridized carbons (Fsp3) is 0.429. The Morgan fingerprint density at radius 3 is 2.44 bits per heavy atom. The standard InChI is InChI=1S/C21H26O6/c1-14(12-18(23)25-3)10-11-21(24)16-9-7-6-8-15(16)17(22)13-20(21,2)19(26-4)27-5/h6-12,19,24H,13H2,1-5H3/b11-10+,14-12-/t20-,21+/m1/s1. The maximum atomic E-state index is 12.7. The highest BCUT2D eigenvalue weighted by Gasteiger charge is 2.57. The number of fused-ring (bicyclic) bond motifs is 1. The average Bonchev–Trinajstić information content (AvgIpc) is 2.65. The molecule has 0 spiro atoms. The lowest BCUT2D eigenvalue weighted by Crippen LogP contribution is -2.55. The summed E-state index contributed by atoms with van der Waals surface area (Å²) >= 11 is 0. The number of allylic oxidation sites excluding steroid dienone is 2. The Labute approximate surface area is 159 Å². The molecule has 1 aromatic carbocycles. The number of methoxy groups -OCH3 is 3. The molecule has 1 aromatic rings. The first-order chi connectivity index (χ1) is 12.7. The SMILES string of the molecule is COC(=O)/C=C(C)\C=C\[C@]1(O)c2ccccc2C(=O)C[C@]1(C)C(OC)OC. The predicted octanol–water partition coefficient (Wildman–Crippen LogP) is 2.76. The van der Waals surface area contributed by atoms with E-state index in [1.54, 1.807) is 50.3 Å². The third-order valence-corrected chi connectivity index (χ3v) is 5.12. The maximum Gasteiger partial charge on any atom is 0.330 e. The summed E-state index contributed by atoms with van der Waals surface area (Å²) in [4.78, 5) is 24.2. The van der Waals surface area contributed by atoms with Gasteiger partial charge in [-0.1, -0.05) is 37.3 Å². The van der Waals surface area contributed by atoms with Crippen molar-refractivity contribution in [3.05, 3.63) is 59.2 Å². The van der Waals surface area contributed by atoms with E-state index >= 15 is 0 Å². The van der Waals surface area contributed by atoms with Gasteiger partial charge in [0, 0.05) is 32.3 Å². The zero-order valence-electron chi connectivity index (χ0n) is 16.3. The molecule has 0 saturated carbocycles. The number of hydrogen-bond donors (Lipinski definition) is 1. The molecule has 0 amide bonds. The van der Waals surface area contributed by atoms with Gasteiger partial charge >= 0.3 is 5.97 Å². The molecular formula is C21H26O6. The summed E-state index contributed by atoms with van der Waals surface area (Å²) < 4.78 is 15.5. The zero-order chi connectivity index (χ0) is 20.2. The quantitative estimate of drug-likeness (QED) is 0.357.